The summed E-state index contributed by atoms with van der Waals surface area (Å²) in [6.45, 7) is 1.62. The number of hydroxylamine groups is 1. The van der Waals surface area contributed by atoms with Gasteiger partial charge >= 0.3 is 7.75 Å². The maximum atomic E-state index is 12.4. The maximum absolute atomic E-state index is 12.4. The van der Waals surface area contributed by atoms with Crippen molar-refractivity contribution >= 4 is 42.2 Å². The summed E-state index contributed by atoms with van der Waals surface area (Å²) in [6, 6.07) is 6.04. The number of benzene rings is 1. The smallest absolute Gasteiger partial charge is 0.382 e. The van der Waals surface area contributed by atoms with Crippen LogP contribution in [0.2, 0.25) is 5.02 Å². The predicted octanol–water partition coefficient (Wildman–Crippen LogP) is 2.52. The Morgan fingerprint density at radius 2 is 2.09 bits per heavy atom. The molecule has 0 aliphatic heterocycles. The minimum Gasteiger partial charge on any atom is -0.382 e. The topological polar surface area (TPSA) is 167 Å². The Kier molecular flexibility index (Phi) is 7.80. The fourth-order valence-electron chi connectivity index (χ4n) is 3.54. The number of carbonyl (C=O) groups excluding carboxylic acids is 1. The first-order chi connectivity index (χ1) is 16.7. The summed E-state index contributed by atoms with van der Waals surface area (Å²) in [6.07, 6.45) is 7.43. The van der Waals surface area contributed by atoms with Crippen molar-refractivity contribution in [3.8, 4) is 0 Å². The van der Waals surface area contributed by atoms with Crippen LogP contribution in [0, 0.1) is 5.92 Å². The lowest BCUT2D eigenvalue weighted by molar-refractivity contribution is -0.125. The molecular formula is C21H25ClN7O5P. The fourth-order valence-corrected chi connectivity index (χ4v) is 4.60. The van der Waals surface area contributed by atoms with Crippen molar-refractivity contribution in [2.75, 3.05) is 12.3 Å². The van der Waals surface area contributed by atoms with Crippen LogP contribution in [0.5, 0.6) is 0 Å². The molecule has 186 valence electrons. The molecule has 1 amide bonds. The second kappa shape index (κ2) is 10.8. The molecule has 0 saturated heterocycles. The number of nitrogens with one attached hydrogen (secondary N) is 2. The number of aromatic nitrogens is 4. The molecule has 0 radical (unpaired) electrons. The van der Waals surface area contributed by atoms with Gasteiger partial charge in [-0.2, -0.15) is 5.48 Å². The van der Waals surface area contributed by atoms with Crippen LogP contribution in [0.4, 0.5) is 5.82 Å². The third kappa shape index (κ3) is 6.43. The van der Waals surface area contributed by atoms with Crippen molar-refractivity contribution in [3.05, 3.63) is 59.7 Å². The van der Waals surface area contributed by atoms with Crippen LogP contribution >= 0.6 is 19.3 Å². The SMILES string of the molecule is C[C@H](NOCc1ccc(Cl)cc1)C(=O)NP(=O)(O)OC[C@H]1C=C[C@@H](n2cnc3c(N)ncnc32)C1. The standard InChI is InChI=1S/C21H25ClN7O5P/c1-13(27-33-9-14-2-5-16(22)6-3-14)21(30)28-35(31,32)34-10-15-4-7-17(8-15)29-12-26-18-19(23)24-11-25-20(18)29/h2-7,11-13,15,17,27H,8-10H2,1H3,(H2,23,24,25)(H2,28,30,31,32)/t13-,15-,17+/m0/s1. The third-order valence-corrected chi connectivity index (χ3v) is 6.67. The van der Waals surface area contributed by atoms with Crippen molar-refractivity contribution < 1.29 is 23.6 Å². The molecule has 1 unspecified atom stereocenters. The Morgan fingerprint density at radius 3 is 2.86 bits per heavy atom. The number of nitrogens with two attached hydrogens (primary N) is 1. The summed E-state index contributed by atoms with van der Waals surface area (Å²) in [7, 11) is -4.38. The summed E-state index contributed by atoms with van der Waals surface area (Å²) in [4.78, 5) is 40.1. The van der Waals surface area contributed by atoms with E-state index in [1.54, 1.807) is 30.6 Å². The van der Waals surface area contributed by atoms with E-state index in [0.717, 1.165) is 5.56 Å². The van der Waals surface area contributed by atoms with Gasteiger partial charge in [-0.3, -0.25) is 19.2 Å². The Hall–Kier alpha value is -2.86. The number of nitrogens with zero attached hydrogens (tertiary/aromatic N) is 4. The van der Waals surface area contributed by atoms with Crippen LogP contribution in [0.1, 0.15) is 24.9 Å². The van der Waals surface area contributed by atoms with Crippen molar-refractivity contribution in [1.29, 1.82) is 0 Å². The van der Waals surface area contributed by atoms with Gasteiger partial charge in [-0.15, -0.1) is 0 Å². The average molecular weight is 522 g/mol. The van der Waals surface area contributed by atoms with Gasteiger partial charge in [0, 0.05) is 10.9 Å². The molecule has 0 saturated carbocycles. The van der Waals surface area contributed by atoms with E-state index in [2.05, 4.69) is 20.4 Å². The molecule has 2 aromatic heterocycles. The average Bonchev–Trinajstić information content (AvgIpc) is 3.46. The number of carbonyl (C=O) groups is 1. The fraction of sp³-hybridized carbons (Fsp3) is 0.333. The second-order valence-electron chi connectivity index (χ2n) is 8.08. The zero-order valence-electron chi connectivity index (χ0n) is 18.7. The Balaban J connectivity index is 1.22. The first kappa shape index (κ1) is 25.2. The zero-order valence-corrected chi connectivity index (χ0v) is 20.4. The minimum absolute atomic E-state index is 0.0559. The van der Waals surface area contributed by atoms with E-state index >= 15 is 0 Å². The largest absolute Gasteiger partial charge is 0.432 e. The van der Waals surface area contributed by atoms with Gasteiger partial charge in [0.25, 0.3) is 0 Å². The van der Waals surface area contributed by atoms with Crippen LogP contribution in [0.3, 0.4) is 0 Å². The molecule has 0 bridgehead atoms. The lowest BCUT2D eigenvalue weighted by Gasteiger charge is -2.19. The molecule has 1 aliphatic carbocycles. The molecule has 3 aromatic rings. The normalized spacial score (nSPS) is 20.1. The van der Waals surface area contributed by atoms with E-state index in [9.17, 15) is 14.3 Å². The summed E-state index contributed by atoms with van der Waals surface area (Å²) >= 11 is 5.84. The summed E-state index contributed by atoms with van der Waals surface area (Å²) < 4.78 is 19.4. The maximum Gasteiger partial charge on any atom is 0.432 e. The van der Waals surface area contributed by atoms with Gasteiger partial charge in [0.15, 0.2) is 11.5 Å². The van der Waals surface area contributed by atoms with Gasteiger partial charge in [0.1, 0.15) is 17.9 Å². The summed E-state index contributed by atoms with van der Waals surface area (Å²) in [5.41, 5.74) is 10.3. The first-order valence-electron chi connectivity index (χ1n) is 10.7. The number of fused-ring (bicyclic) bond motifs is 1. The lowest BCUT2D eigenvalue weighted by Crippen LogP contribution is -2.41. The Labute approximate surface area is 206 Å². The Morgan fingerprint density at radius 1 is 1.31 bits per heavy atom. The predicted molar refractivity (Wildman–Crippen MR) is 129 cm³/mol. The number of nitrogen functional groups attached to an aromatic ring is 1. The molecule has 4 rings (SSSR count). The Bertz CT molecular complexity index is 1270. The van der Waals surface area contributed by atoms with E-state index in [0.29, 0.717) is 28.4 Å². The molecule has 14 heteroatoms. The van der Waals surface area contributed by atoms with Gasteiger partial charge in [-0.05, 0) is 31.0 Å². The number of imidazole rings is 1. The molecule has 35 heavy (non-hydrogen) atoms. The lowest BCUT2D eigenvalue weighted by atomic mass is 10.1. The number of halogens is 1. The quantitative estimate of drug-likeness (QED) is 0.177. The third-order valence-electron chi connectivity index (χ3n) is 5.41. The number of anilines is 1. The molecule has 5 N–H and O–H groups in total. The first-order valence-corrected chi connectivity index (χ1v) is 12.7. The van der Waals surface area contributed by atoms with E-state index in [1.165, 1.54) is 13.3 Å². The van der Waals surface area contributed by atoms with Gasteiger partial charge in [-0.25, -0.2) is 19.5 Å². The molecule has 4 atom stereocenters. The van der Waals surface area contributed by atoms with Crippen LogP contribution in [-0.4, -0.2) is 43.0 Å². The van der Waals surface area contributed by atoms with E-state index in [-0.39, 0.29) is 25.2 Å². The highest BCUT2D eigenvalue weighted by molar-refractivity contribution is 7.51. The molecule has 2 heterocycles. The van der Waals surface area contributed by atoms with Crippen molar-refractivity contribution in [3.63, 3.8) is 0 Å². The molecular weight excluding hydrogens is 497 g/mol. The van der Waals surface area contributed by atoms with Gasteiger partial charge in [0.05, 0.1) is 25.6 Å². The molecule has 0 spiro atoms. The number of allylic oxidation sites excluding steroid dienone is 1. The number of amides is 1. The molecule has 12 nitrogen and oxygen atoms in total. The summed E-state index contributed by atoms with van der Waals surface area (Å²) in [5, 5.41) is 2.63. The minimum atomic E-state index is -4.38. The highest BCUT2D eigenvalue weighted by Gasteiger charge is 2.29. The monoisotopic (exact) mass is 521 g/mol. The van der Waals surface area contributed by atoms with Gasteiger partial charge < -0.3 is 15.2 Å². The number of hydrogen-bond acceptors (Lipinski definition) is 9. The highest BCUT2D eigenvalue weighted by Crippen LogP contribution is 2.39. The van der Waals surface area contributed by atoms with Gasteiger partial charge in [-0.1, -0.05) is 35.9 Å². The molecule has 0 fully saturated rings. The number of hydrogen-bond donors (Lipinski definition) is 4. The van der Waals surface area contributed by atoms with Gasteiger partial charge in [0.2, 0.25) is 5.91 Å². The van der Waals surface area contributed by atoms with Crippen molar-refractivity contribution in [2.45, 2.75) is 32.0 Å². The van der Waals surface area contributed by atoms with Crippen molar-refractivity contribution in [2.24, 2.45) is 5.92 Å². The molecule has 1 aromatic carbocycles. The van der Waals surface area contributed by atoms with E-state index in [4.69, 9.17) is 26.7 Å². The van der Waals surface area contributed by atoms with Crippen LogP contribution in [0.15, 0.2) is 49.1 Å². The summed E-state index contributed by atoms with van der Waals surface area (Å²) in [5.74, 6) is -0.590. The van der Waals surface area contributed by atoms with Crippen LogP contribution in [0.25, 0.3) is 11.2 Å². The van der Waals surface area contributed by atoms with E-state index < -0.39 is 19.7 Å². The number of rotatable bonds is 10. The van der Waals surface area contributed by atoms with Crippen LogP contribution in [-0.2, 0) is 25.3 Å². The van der Waals surface area contributed by atoms with Crippen LogP contribution < -0.4 is 16.3 Å². The molecule has 1 aliphatic rings. The van der Waals surface area contributed by atoms with E-state index in [1.807, 2.05) is 21.8 Å². The second-order valence-corrected chi connectivity index (χ2v) is 10.0. The highest BCUT2D eigenvalue weighted by atomic mass is 35.5. The zero-order chi connectivity index (χ0) is 25.0. The van der Waals surface area contributed by atoms with Crippen molar-refractivity contribution in [1.82, 2.24) is 30.1 Å².